The van der Waals surface area contributed by atoms with Gasteiger partial charge in [0.1, 0.15) is 17.6 Å². The summed E-state index contributed by atoms with van der Waals surface area (Å²) in [6.45, 7) is 4.22. The Balaban J connectivity index is 1.72. The van der Waals surface area contributed by atoms with Crippen LogP contribution in [0, 0.1) is 0 Å². The molecule has 8 heteroatoms. The van der Waals surface area contributed by atoms with Gasteiger partial charge in [0.25, 0.3) is 5.78 Å². The third-order valence-corrected chi connectivity index (χ3v) is 7.07. The number of pyridine rings is 1. The van der Waals surface area contributed by atoms with Gasteiger partial charge in [0.2, 0.25) is 0 Å². The Morgan fingerprint density at radius 2 is 1.86 bits per heavy atom. The van der Waals surface area contributed by atoms with Gasteiger partial charge in [-0.15, -0.1) is 0 Å². The molecule has 1 aliphatic rings. The fraction of sp³-hybridized carbons (Fsp3) is 0.185. The number of aliphatic hydroxyl groups excluding tert-OH is 1. The van der Waals surface area contributed by atoms with Crippen LogP contribution >= 0.6 is 11.3 Å². The van der Waals surface area contributed by atoms with E-state index in [-0.39, 0.29) is 11.3 Å². The molecule has 1 N–H and O–H groups in total. The number of nitrogens with zero attached hydrogens (tertiary/aromatic N) is 3. The van der Waals surface area contributed by atoms with Gasteiger partial charge < -0.3 is 9.84 Å². The van der Waals surface area contributed by atoms with Crippen LogP contribution in [0.25, 0.3) is 16.0 Å². The summed E-state index contributed by atoms with van der Waals surface area (Å²) in [4.78, 5) is 37.2. The Kier molecular flexibility index (Phi) is 5.82. The number of fused-ring (bicyclic) bond motifs is 1. The third kappa shape index (κ3) is 3.85. The number of para-hydroxylation sites is 1. The van der Waals surface area contributed by atoms with Crippen molar-refractivity contribution in [1.29, 1.82) is 0 Å². The van der Waals surface area contributed by atoms with E-state index < -0.39 is 17.7 Å². The van der Waals surface area contributed by atoms with Crippen LogP contribution in [-0.4, -0.2) is 33.9 Å². The predicted octanol–water partition coefficient (Wildman–Crippen LogP) is 5.45. The van der Waals surface area contributed by atoms with Crippen molar-refractivity contribution < 1.29 is 19.4 Å². The summed E-state index contributed by atoms with van der Waals surface area (Å²) in [5, 5.41) is 11.7. The smallest absolute Gasteiger partial charge is 0.301 e. The number of carbonyl (C=O) groups is 2. The van der Waals surface area contributed by atoms with Gasteiger partial charge in [-0.2, -0.15) is 0 Å². The SMILES string of the molecule is COc1ccccc1/C(O)=C1\C(=O)C(=O)N(c2nc3ccc(C(C)C)cc3s2)C1c1ccccn1. The number of rotatable bonds is 5. The number of thiazole rings is 1. The van der Waals surface area contributed by atoms with Crippen molar-refractivity contribution in [3.05, 3.63) is 89.3 Å². The quantitative estimate of drug-likeness (QED) is 0.230. The minimum absolute atomic E-state index is 0.0553. The van der Waals surface area contributed by atoms with E-state index >= 15 is 0 Å². The molecule has 0 spiro atoms. The summed E-state index contributed by atoms with van der Waals surface area (Å²) in [5.74, 6) is -1.15. The number of Topliss-reactive ketones (excluding diaryl/α,β-unsaturated/α-hetero) is 1. The summed E-state index contributed by atoms with van der Waals surface area (Å²) in [5.41, 5.74) is 2.61. The number of ether oxygens (including phenoxy) is 1. The van der Waals surface area contributed by atoms with Gasteiger partial charge in [-0.3, -0.25) is 19.5 Å². The van der Waals surface area contributed by atoms with Crippen molar-refractivity contribution in [2.45, 2.75) is 25.8 Å². The van der Waals surface area contributed by atoms with Gasteiger partial charge in [-0.25, -0.2) is 4.98 Å². The maximum absolute atomic E-state index is 13.4. The summed E-state index contributed by atoms with van der Waals surface area (Å²) >= 11 is 1.33. The summed E-state index contributed by atoms with van der Waals surface area (Å²) in [6, 6.07) is 17.1. The average Bonchev–Trinajstić information content (AvgIpc) is 3.41. The molecule has 1 fully saturated rings. The van der Waals surface area contributed by atoms with E-state index in [0.29, 0.717) is 28.1 Å². The van der Waals surface area contributed by atoms with Crippen LogP contribution in [0.4, 0.5) is 5.13 Å². The number of hydrogen-bond donors (Lipinski definition) is 1. The highest BCUT2D eigenvalue weighted by Crippen LogP contribution is 2.44. The van der Waals surface area contributed by atoms with Crippen LogP contribution < -0.4 is 9.64 Å². The van der Waals surface area contributed by atoms with Crippen molar-refractivity contribution >= 4 is 44.1 Å². The number of amides is 1. The Morgan fingerprint density at radius 1 is 1.09 bits per heavy atom. The number of carbonyl (C=O) groups excluding carboxylic acids is 2. The molecule has 1 amide bonds. The molecule has 0 aliphatic carbocycles. The monoisotopic (exact) mass is 485 g/mol. The Labute approximate surface area is 206 Å². The fourth-order valence-electron chi connectivity index (χ4n) is 4.22. The molecule has 35 heavy (non-hydrogen) atoms. The maximum atomic E-state index is 13.4. The van der Waals surface area contributed by atoms with Gasteiger partial charge in [0.05, 0.1) is 34.2 Å². The zero-order valence-electron chi connectivity index (χ0n) is 19.4. The van der Waals surface area contributed by atoms with Crippen LogP contribution in [0.2, 0.25) is 0 Å². The van der Waals surface area contributed by atoms with Crippen LogP contribution in [0.1, 0.15) is 42.6 Å². The van der Waals surface area contributed by atoms with E-state index in [1.54, 1.807) is 48.7 Å². The molecule has 7 nitrogen and oxygen atoms in total. The van der Waals surface area contributed by atoms with Gasteiger partial charge in [-0.05, 0) is 47.9 Å². The highest BCUT2D eigenvalue weighted by atomic mass is 32.1. The van der Waals surface area contributed by atoms with E-state index in [4.69, 9.17) is 4.74 Å². The Hall–Kier alpha value is -4.04. The summed E-state index contributed by atoms with van der Waals surface area (Å²) in [6.07, 6.45) is 1.59. The molecule has 1 aliphatic heterocycles. The van der Waals surface area contributed by atoms with E-state index in [0.717, 1.165) is 15.8 Å². The maximum Gasteiger partial charge on any atom is 0.301 e. The van der Waals surface area contributed by atoms with Crippen LogP contribution in [-0.2, 0) is 9.59 Å². The largest absolute Gasteiger partial charge is 0.507 e. The summed E-state index contributed by atoms with van der Waals surface area (Å²) < 4.78 is 6.30. The molecule has 176 valence electrons. The van der Waals surface area contributed by atoms with Crippen molar-refractivity contribution in [3.63, 3.8) is 0 Å². The lowest BCUT2D eigenvalue weighted by molar-refractivity contribution is -0.132. The molecule has 5 rings (SSSR count). The van der Waals surface area contributed by atoms with E-state index in [1.807, 2.05) is 12.1 Å². The molecule has 1 unspecified atom stereocenters. The van der Waals surface area contributed by atoms with Crippen molar-refractivity contribution in [3.8, 4) is 5.75 Å². The van der Waals surface area contributed by atoms with Gasteiger partial charge in [0.15, 0.2) is 5.13 Å². The van der Waals surface area contributed by atoms with Crippen LogP contribution in [0.3, 0.4) is 0 Å². The molecule has 2 aromatic carbocycles. The van der Waals surface area contributed by atoms with Gasteiger partial charge >= 0.3 is 5.91 Å². The van der Waals surface area contributed by atoms with Crippen molar-refractivity contribution in [1.82, 2.24) is 9.97 Å². The number of benzene rings is 2. The topological polar surface area (TPSA) is 92.6 Å². The number of anilines is 1. The first kappa shape index (κ1) is 22.7. The lowest BCUT2D eigenvalue weighted by atomic mass is 9.98. The molecular weight excluding hydrogens is 462 g/mol. The predicted molar refractivity (Wildman–Crippen MR) is 136 cm³/mol. The molecule has 1 saturated heterocycles. The van der Waals surface area contributed by atoms with Crippen LogP contribution in [0.15, 0.2) is 72.4 Å². The minimum Gasteiger partial charge on any atom is -0.507 e. The van der Waals surface area contributed by atoms with E-state index in [1.165, 1.54) is 23.3 Å². The molecule has 0 radical (unpaired) electrons. The first-order valence-corrected chi connectivity index (χ1v) is 12.0. The van der Waals surface area contributed by atoms with Crippen molar-refractivity contribution in [2.75, 3.05) is 12.0 Å². The van der Waals surface area contributed by atoms with Gasteiger partial charge in [-0.1, -0.05) is 49.4 Å². The zero-order valence-corrected chi connectivity index (χ0v) is 20.2. The number of ketones is 1. The molecule has 2 aromatic heterocycles. The zero-order chi connectivity index (χ0) is 24.7. The number of hydrogen-bond acceptors (Lipinski definition) is 7. The first-order valence-electron chi connectivity index (χ1n) is 11.2. The number of aromatic nitrogens is 2. The number of methoxy groups -OCH3 is 1. The average molecular weight is 486 g/mol. The lowest BCUT2D eigenvalue weighted by Gasteiger charge is -2.22. The minimum atomic E-state index is -0.939. The molecule has 0 bridgehead atoms. The van der Waals surface area contributed by atoms with E-state index in [9.17, 15) is 14.7 Å². The third-order valence-electron chi connectivity index (χ3n) is 6.05. The second-order valence-corrected chi connectivity index (χ2v) is 9.51. The fourth-order valence-corrected chi connectivity index (χ4v) is 5.26. The molecule has 3 heterocycles. The van der Waals surface area contributed by atoms with Crippen molar-refractivity contribution in [2.24, 2.45) is 0 Å². The second kappa shape index (κ2) is 8.96. The van der Waals surface area contributed by atoms with Crippen LogP contribution in [0.5, 0.6) is 5.75 Å². The molecule has 4 aromatic rings. The highest BCUT2D eigenvalue weighted by Gasteiger charge is 2.49. The standard InChI is InChI=1S/C27H23N3O4S/c1-15(2)16-11-12-18-21(14-16)35-27(29-18)30-23(19-9-6-7-13-28-19)22(25(32)26(30)33)24(31)17-8-4-5-10-20(17)34-3/h4-15,23,31H,1-3H3/b24-22+. The molecule has 1 atom stereocenters. The normalized spacial score (nSPS) is 17.5. The highest BCUT2D eigenvalue weighted by molar-refractivity contribution is 7.22. The van der Waals surface area contributed by atoms with Gasteiger partial charge in [0, 0.05) is 6.20 Å². The Morgan fingerprint density at radius 3 is 2.57 bits per heavy atom. The Bertz CT molecular complexity index is 1480. The van der Waals surface area contributed by atoms with E-state index in [2.05, 4.69) is 29.9 Å². The lowest BCUT2D eigenvalue weighted by Crippen LogP contribution is -2.29. The number of aliphatic hydroxyl groups is 1. The summed E-state index contributed by atoms with van der Waals surface area (Å²) in [7, 11) is 1.48. The molecular formula is C27H23N3O4S. The first-order chi connectivity index (χ1) is 16.9. The second-order valence-electron chi connectivity index (χ2n) is 8.50. The molecule has 0 saturated carbocycles.